The van der Waals surface area contributed by atoms with Gasteiger partial charge in [0.05, 0.1) is 12.0 Å². The normalized spacial score (nSPS) is 28.9. The lowest BCUT2D eigenvalue weighted by Gasteiger charge is -2.41. The Morgan fingerprint density at radius 2 is 2.06 bits per heavy atom. The number of esters is 1. The molecule has 0 bridgehead atoms. The predicted octanol–water partition coefficient (Wildman–Crippen LogP) is 2.79. The van der Waals surface area contributed by atoms with Crippen LogP contribution in [0.2, 0.25) is 0 Å². The highest BCUT2D eigenvalue weighted by molar-refractivity contribution is 5.99. The van der Waals surface area contributed by atoms with Crippen LogP contribution in [0.25, 0.3) is 0 Å². The lowest BCUT2D eigenvalue weighted by Crippen LogP contribution is -2.41. The number of hydrogen-bond acceptors (Lipinski definition) is 3. The first-order valence-corrected chi connectivity index (χ1v) is 6.52. The van der Waals surface area contributed by atoms with Crippen molar-refractivity contribution < 1.29 is 14.3 Å². The molecule has 3 heteroatoms. The third kappa shape index (κ3) is 1.92. The van der Waals surface area contributed by atoms with Gasteiger partial charge in [0.2, 0.25) is 0 Å². The van der Waals surface area contributed by atoms with Crippen molar-refractivity contribution in [2.24, 2.45) is 5.41 Å². The molecule has 0 N–H and O–H groups in total. The molecule has 0 amide bonds. The van der Waals surface area contributed by atoms with E-state index in [1.807, 2.05) is 13.8 Å². The molecule has 1 saturated carbocycles. The summed E-state index contributed by atoms with van der Waals surface area (Å²) in [5.41, 5.74) is 1.43. The molecule has 0 radical (unpaired) electrons. The first kappa shape index (κ1) is 12.3. The number of rotatable bonds is 2. The first-order chi connectivity index (χ1) is 8.12. The molecule has 1 unspecified atom stereocenters. The van der Waals surface area contributed by atoms with Gasteiger partial charge in [-0.15, -0.1) is 0 Å². The predicted molar refractivity (Wildman–Crippen MR) is 64.5 cm³/mol. The van der Waals surface area contributed by atoms with Crippen molar-refractivity contribution in [3.8, 4) is 0 Å². The highest BCUT2D eigenvalue weighted by Gasteiger charge is 2.48. The lowest BCUT2D eigenvalue weighted by atomic mass is 9.62. The minimum Gasteiger partial charge on any atom is -0.465 e. The maximum Gasteiger partial charge on any atom is 0.316 e. The van der Waals surface area contributed by atoms with Gasteiger partial charge in [-0.05, 0) is 50.7 Å². The molecule has 94 valence electrons. The number of Topliss-reactive ketones (excluding diaryl/α,β-unsaturated/α-hetero) is 1. The van der Waals surface area contributed by atoms with Crippen LogP contribution in [0.1, 0.15) is 52.4 Å². The molecular weight excluding hydrogens is 216 g/mol. The molecule has 3 nitrogen and oxygen atoms in total. The Labute approximate surface area is 102 Å². The number of ketones is 1. The summed E-state index contributed by atoms with van der Waals surface area (Å²) in [4.78, 5) is 24.0. The van der Waals surface area contributed by atoms with Crippen molar-refractivity contribution in [3.05, 3.63) is 11.1 Å². The standard InChI is InChI=1S/C14H20O3/c1-3-17-13(16)14-8-5-4-6-11(14)10(2)12(15)7-9-14/h3-9H2,1-2H3. The molecule has 17 heavy (non-hydrogen) atoms. The smallest absolute Gasteiger partial charge is 0.316 e. The van der Waals surface area contributed by atoms with Gasteiger partial charge >= 0.3 is 5.97 Å². The number of carbonyl (C=O) groups excluding carboxylic acids is 2. The second kappa shape index (κ2) is 4.63. The Hall–Kier alpha value is -1.12. The summed E-state index contributed by atoms with van der Waals surface area (Å²) < 4.78 is 5.24. The Kier molecular flexibility index (Phi) is 3.36. The average molecular weight is 236 g/mol. The van der Waals surface area contributed by atoms with Crippen molar-refractivity contribution in [1.29, 1.82) is 0 Å². The van der Waals surface area contributed by atoms with E-state index in [4.69, 9.17) is 4.74 Å². The molecule has 1 fully saturated rings. The van der Waals surface area contributed by atoms with Gasteiger partial charge in [-0.25, -0.2) is 0 Å². The van der Waals surface area contributed by atoms with E-state index < -0.39 is 5.41 Å². The summed E-state index contributed by atoms with van der Waals surface area (Å²) in [5.74, 6) is 0.100. The van der Waals surface area contributed by atoms with Crippen LogP contribution >= 0.6 is 0 Å². The zero-order valence-electron chi connectivity index (χ0n) is 10.7. The zero-order chi connectivity index (χ0) is 12.5. The topological polar surface area (TPSA) is 43.4 Å². The third-order valence-electron chi connectivity index (χ3n) is 4.17. The van der Waals surface area contributed by atoms with Crippen LogP contribution in [0.4, 0.5) is 0 Å². The van der Waals surface area contributed by atoms with E-state index >= 15 is 0 Å². The van der Waals surface area contributed by atoms with Crippen LogP contribution in [0.5, 0.6) is 0 Å². The maximum atomic E-state index is 12.2. The van der Waals surface area contributed by atoms with Crippen LogP contribution < -0.4 is 0 Å². The summed E-state index contributed by atoms with van der Waals surface area (Å²) in [6.45, 7) is 4.12. The summed E-state index contributed by atoms with van der Waals surface area (Å²) in [6, 6.07) is 0. The van der Waals surface area contributed by atoms with E-state index in [1.54, 1.807) is 0 Å². The quantitative estimate of drug-likeness (QED) is 0.692. The van der Waals surface area contributed by atoms with E-state index in [9.17, 15) is 9.59 Å². The summed E-state index contributed by atoms with van der Waals surface area (Å²) in [6.07, 6.45) is 5.03. The van der Waals surface area contributed by atoms with Crippen molar-refractivity contribution in [2.75, 3.05) is 6.61 Å². The molecule has 2 aliphatic rings. The van der Waals surface area contributed by atoms with Crippen LogP contribution in [0.15, 0.2) is 11.1 Å². The molecule has 0 aromatic rings. The average Bonchev–Trinajstić information content (AvgIpc) is 2.34. The molecule has 0 aliphatic heterocycles. The molecule has 2 rings (SSSR count). The Balaban J connectivity index is 2.41. The van der Waals surface area contributed by atoms with E-state index in [-0.39, 0.29) is 11.8 Å². The zero-order valence-corrected chi connectivity index (χ0v) is 10.7. The van der Waals surface area contributed by atoms with Crippen LogP contribution in [0.3, 0.4) is 0 Å². The number of carbonyl (C=O) groups is 2. The van der Waals surface area contributed by atoms with Crippen molar-refractivity contribution in [2.45, 2.75) is 52.4 Å². The number of hydrogen-bond donors (Lipinski definition) is 0. The molecular formula is C14H20O3. The fourth-order valence-corrected chi connectivity index (χ4v) is 3.22. The highest BCUT2D eigenvalue weighted by Crippen LogP contribution is 2.49. The molecule has 0 aromatic heterocycles. The minimum atomic E-state index is -0.466. The van der Waals surface area contributed by atoms with E-state index in [0.29, 0.717) is 19.4 Å². The molecule has 2 aliphatic carbocycles. The second-order valence-electron chi connectivity index (χ2n) is 5.04. The van der Waals surface area contributed by atoms with Crippen LogP contribution in [-0.2, 0) is 14.3 Å². The monoisotopic (exact) mass is 236 g/mol. The van der Waals surface area contributed by atoms with Gasteiger partial charge in [-0.2, -0.15) is 0 Å². The van der Waals surface area contributed by atoms with E-state index in [1.165, 1.54) is 0 Å². The summed E-state index contributed by atoms with van der Waals surface area (Å²) in [5, 5.41) is 0. The number of fused-ring (bicyclic) bond motifs is 1. The molecule has 0 heterocycles. The minimum absolute atomic E-state index is 0.110. The van der Waals surface area contributed by atoms with Crippen LogP contribution in [0, 0.1) is 5.41 Å². The van der Waals surface area contributed by atoms with Crippen LogP contribution in [-0.4, -0.2) is 18.4 Å². The number of ether oxygens (including phenoxy) is 1. The van der Waals surface area contributed by atoms with E-state index in [0.717, 1.165) is 36.8 Å². The lowest BCUT2D eigenvalue weighted by molar-refractivity contribution is -0.155. The van der Waals surface area contributed by atoms with Crippen molar-refractivity contribution >= 4 is 11.8 Å². The van der Waals surface area contributed by atoms with Gasteiger partial charge in [0.15, 0.2) is 5.78 Å². The van der Waals surface area contributed by atoms with Gasteiger partial charge in [0.1, 0.15) is 0 Å². The van der Waals surface area contributed by atoms with E-state index in [2.05, 4.69) is 0 Å². The van der Waals surface area contributed by atoms with Gasteiger partial charge in [-0.1, -0.05) is 6.42 Å². The van der Waals surface area contributed by atoms with Gasteiger partial charge < -0.3 is 4.74 Å². The maximum absolute atomic E-state index is 12.2. The Morgan fingerprint density at radius 1 is 1.29 bits per heavy atom. The third-order valence-corrected chi connectivity index (χ3v) is 4.17. The largest absolute Gasteiger partial charge is 0.465 e. The second-order valence-corrected chi connectivity index (χ2v) is 5.04. The molecule has 0 spiro atoms. The highest BCUT2D eigenvalue weighted by atomic mass is 16.5. The summed E-state index contributed by atoms with van der Waals surface area (Å²) in [7, 11) is 0. The SMILES string of the molecule is CCOC(=O)C12CCCCC1=C(C)C(=O)CC2. The van der Waals surface area contributed by atoms with Crippen molar-refractivity contribution in [3.63, 3.8) is 0 Å². The number of allylic oxidation sites excluding steroid dienone is 1. The van der Waals surface area contributed by atoms with Gasteiger partial charge in [0, 0.05) is 6.42 Å². The Morgan fingerprint density at radius 3 is 2.76 bits per heavy atom. The molecule has 0 aromatic carbocycles. The van der Waals surface area contributed by atoms with Crippen molar-refractivity contribution in [1.82, 2.24) is 0 Å². The fraction of sp³-hybridized carbons (Fsp3) is 0.714. The van der Waals surface area contributed by atoms with Gasteiger partial charge in [-0.3, -0.25) is 9.59 Å². The molecule has 1 atom stereocenters. The Bertz CT molecular complexity index is 381. The fourth-order valence-electron chi connectivity index (χ4n) is 3.22. The molecule has 0 saturated heterocycles. The van der Waals surface area contributed by atoms with Gasteiger partial charge in [0.25, 0.3) is 0 Å². The first-order valence-electron chi connectivity index (χ1n) is 6.52. The summed E-state index contributed by atoms with van der Waals surface area (Å²) >= 11 is 0.